The quantitative estimate of drug-likeness (QED) is 0.264. The van der Waals surface area contributed by atoms with E-state index < -0.39 is 0 Å². The molecule has 5 nitrogen and oxygen atoms in total. The molecule has 0 spiro atoms. The van der Waals surface area contributed by atoms with Crippen molar-refractivity contribution < 1.29 is 0 Å². The highest BCUT2D eigenvalue weighted by atomic mass is 79.9. The Morgan fingerprint density at radius 1 is 1.45 bits per heavy atom. The summed E-state index contributed by atoms with van der Waals surface area (Å²) in [6.07, 6.45) is 3.91. The van der Waals surface area contributed by atoms with Crippen LogP contribution in [0.5, 0.6) is 0 Å². The first-order valence-electron chi connectivity index (χ1n) is 6.57. The summed E-state index contributed by atoms with van der Waals surface area (Å²) < 4.78 is 0.955. The number of rotatable bonds is 4. The van der Waals surface area contributed by atoms with E-state index in [0.717, 1.165) is 40.4 Å². The lowest BCUT2D eigenvalue weighted by atomic mass is 10.2. The van der Waals surface area contributed by atoms with Crippen LogP contribution in [0.15, 0.2) is 39.9 Å². The third kappa shape index (κ3) is 3.68. The smallest absolute Gasteiger partial charge is 0.210 e. The number of fused-ring (bicyclic) bond motifs is 1. The van der Waals surface area contributed by atoms with Crippen molar-refractivity contribution >= 4 is 38.5 Å². The molecule has 2 rings (SSSR count). The molecule has 0 saturated carbocycles. The maximum absolute atomic E-state index is 5.50. The van der Waals surface area contributed by atoms with Gasteiger partial charge in [0, 0.05) is 22.6 Å². The lowest BCUT2D eigenvalue weighted by molar-refractivity contribution is 0.801. The number of anilines is 1. The van der Waals surface area contributed by atoms with Crippen molar-refractivity contribution in [3.05, 3.63) is 34.9 Å². The molecule has 0 atom stereocenters. The number of benzene rings is 1. The number of aliphatic imine (C=N–C) groups is 1. The SMILES string of the molecule is CCCCN=C(NN)Nc1cccc2cc(Br)cnc12. The third-order valence-corrected chi connectivity index (χ3v) is 3.28. The van der Waals surface area contributed by atoms with Gasteiger partial charge in [0.15, 0.2) is 0 Å². The molecule has 1 aromatic heterocycles. The number of hydrazine groups is 1. The molecule has 0 saturated heterocycles. The van der Waals surface area contributed by atoms with Crippen molar-refractivity contribution in [1.29, 1.82) is 0 Å². The van der Waals surface area contributed by atoms with E-state index in [1.165, 1.54) is 0 Å². The molecule has 106 valence electrons. The van der Waals surface area contributed by atoms with Gasteiger partial charge in [-0.1, -0.05) is 25.5 Å². The van der Waals surface area contributed by atoms with Gasteiger partial charge >= 0.3 is 0 Å². The van der Waals surface area contributed by atoms with Gasteiger partial charge in [0.1, 0.15) is 0 Å². The standard InChI is InChI=1S/C14H18BrN5/c1-2-3-7-17-14(20-16)19-12-6-4-5-10-8-11(15)9-18-13(10)12/h4-6,8-9H,2-3,7,16H2,1H3,(H2,17,19,20). The van der Waals surface area contributed by atoms with Crippen LogP contribution in [0.2, 0.25) is 0 Å². The number of unbranched alkanes of at least 4 members (excludes halogenated alkanes) is 1. The van der Waals surface area contributed by atoms with Gasteiger partial charge < -0.3 is 5.32 Å². The first kappa shape index (κ1) is 14.7. The van der Waals surface area contributed by atoms with Gasteiger partial charge in [-0.25, -0.2) is 5.84 Å². The Morgan fingerprint density at radius 3 is 3.05 bits per heavy atom. The average Bonchev–Trinajstić information content (AvgIpc) is 2.46. The summed E-state index contributed by atoms with van der Waals surface area (Å²) in [5, 5.41) is 4.24. The molecule has 1 heterocycles. The number of nitrogens with zero attached hydrogens (tertiary/aromatic N) is 2. The Labute approximate surface area is 126 Å². The van der Waals surface area contributed by atoms with Gasteiger partial charge in [0.25, 0.3) is 0 Å². The van der Waals surface area contributed by atoms with Crippen LogP contribution in [0, 0.1) is 0 Å². The highest BCUT2D eigenvalue weighted by Crippen LogP contribution is 2.23. The minimum Gasteiger partial charge on any atom is -0.323 e. The van der Waals surface area contributed by atoms with Crippen LogP contribution in [-0.4, -0.2) is 17.5 Å². The molecule has 4 N–H and O–H groups in total. The molecule has 0 fully saturated rings. The number of halogens is 1. The van der Waals surface area contributed by atoms with Gasteiger partial charge in [0.05, 0.1) is 11.2 Å². The topological polar surface area (TPSA) is 75.3 Å². The molecule has 0 bridgehead atoms. The molecule has 2 aromatic rings. The van der Waals surface area contributed by atoms with Crippen molar-refractivity contribution in [3.8, 4) is 0 Å². The number of hydrogen-bond acceptors (Lipinski definition) is 3. The Hall–Kier alpha value is -1.66. The van der Waals surface area contributed by atoms with E-state index in [1.54, 1.807) is 6.20 Å². The summed E-state index contributed by atoms with van der Waals surface area (Å²) in [5.74, 6) is 6.05. The highest BCUT2D eigenvalue weighted by Gasteiger charge is 2.05. The second kappa shape index (κ2) is 7.21. The largest absolute Gasteiger partial charge is 0.323 e. The second-order valence-electron chi connectivity index (χ2n) is 4.38. The number of nitrogens with one attached hydrogen (secondary N) is 2. The number of pyridine rings is 1. The van der Waals surface area contributed by atoms with Crippen LogP contribution in [0.25, 0.3) is 10.9 Å². The van der Waals surface area contributed by atoms with E-state index in [-0.39, 0.29) is 0 Å². The summed E-state index contributed by atoms with van der Waals surface area (Å²) in [7, 11) is 0. The molecule has 0 unspecified atom stereocenters. The lowest BCUT2D eigenvalue weighted by Gasteiger charge is -2.11. The Kier molecular flexibility index (Phi) is 5.31. The van der Waals surface area contributed by atoms with Crippen molar-refractivity contribution in [2.24, 2.45) is 10.8 Å². The Morgan fingerprint density at radius 2 is 2.30 bits per heavy atom. The van der Waals surface area contributed by atoms with E-state index >= 15 is 0 Å². The van der Waals surface area contributed by atoms with Crippen molar-refractivity contribution in [3.63, 3.8) is 0 Å². The van der Waals surface area contributed by atoms with Gasteiger partial charge in [-0.2, -0.15) is 0 Å². The molecule has 0 amide bonds. The van der Waals surface area contributed by atoms with Gasteiger partial charge in [-0.05, 0) is 34.5 Å². The fraction of sp³-hybridized carbons (Fsp3) is 0.286. The molecule has 0 aliphatic carbocycles. The van der Waals surface area contributed by atoms with Crippen LogP contribution in [0.3, 0.4) is 0 Å². The maximum atomic E-state index is 5.50. The van der Waals surface area contributed by atoms with Crippen molar-refractivity contribution in [2.75, 3.05) is 11.9 Å². The first-order valence-corrected chi connectivity index (χ1v) is 7.36. The second-order valence-corrected chi connectivity index (χ2v) is 5.30. The zero-order valence-corrected chi connectivity index (χ0v) is 12.9. The monoisotopic (exact) mass is 335 g/mol. The fourth-order valence-electron chi connectivity index (χ4n) is 1.83. The van der Waals surface area contributed by atoms with Crippen molar-refractivity contribution in [2.45, 2.75) is 19.8 Å². The molecular formula is C14H18BrN5. The first-order chi connectivity index (χ1) is 9.74. The third-order valence-electron chi connectivity index (χ3n) is 2.85. The van der Waals surface area contributed by atoms with Crippen LogP contribution < -0.4 is 16.6 Å². The highest BCUT2D eigenvalue weighted by molar-refractivity contribution is 9.10. The predicted molar refractivity (Wildman–Crippen MR) is 87.6 cm³/mol. The zero-order valence-electron chi connectivity index (χ0n) is 11.4. The van der Waals surface area contributed by atoms with Gasteiger partial charge in [-0.3, -0.25) is 15.4 Å². The normalized spacial score (nSPS) is 11.7. The lowest BCUT2D eigenvalue weighted by Crippen LogP contribution is -2.36. The molecular weight excluding hydrogens is 318 g/mol. The molecule has 1 aromatic carbocycles. The van der Waals surface area contributed by atoms with Gasteiger partial charge in [-0.15, -0.1) is 0 Å². The summed E-state index contributed by atoms with van der Waals surface area (Å²) in [4.78, 5) is 8.82. The molecule has 0 aliphatic rings. The summed E-state index contributed by atoms with van der Waals surface area (Å²) in [6.45, 7) is 2.87. The minimum absolute atomic E-state index is 0.552. The van der Waals surface area contributed by atoms with Gasteiger partial charge in [0.2, 0.25) is 5.96 Å². The van der Waals surface area contributed by atoms with Crippen LogP contribution in [0.4, 0.5) is 5.69 Å². The zero-order chi connectivity index (χ0) is 14.4. The molecule has 20 heavy (non-hydrogen) atoms. The average molecular weight is 336 g/mol. The fourth-order valence-corrected chi connectivity index (χ4v) is 2.18. The molecule has 0 radical (unpaired) electrons. The maximum Gasteiger partial charge on any atom is 0.210 e. The number of aromatic nitrogens is 1. The van der Waals surface area contributed by atoms with E-state index in [2.05, 4.69) is 43.6 Å². The summed E-state index contributed by atoms with van der Waals surface area (Å²) in [5.41, 5.74) is 4.35. The predicted octanol–water partition coefficient (Wildman–Crippen LogP) is 3.03. The Balaban J connectivity index is 2.26. The Bertz CT molecular complexity index is 612. The molecule has 0 aliphatic heterocycles. The van der Waals surface area contributed by atoms with E-state index in [4.69, 9.17) is 5.84 Å². The van der Waals surface area contributed by atoms with E-state index in [9.17, 15) is 0 Å². The number of nitrogens with two attached hydrogens (primary N) is 1. The minimum atomic E-state index is 0.552. The van der Waals surface area contributed by atoms with E-state index in [1.807, 2.05) is 24.3 Å². The van der Waals surface area contributed by atoms with Crippen molar-refractivity contribution in [1.82, 2.24) is 10.4 Å². The molecule has 6 heteroatoms. The van der Waals surface area contributed by atoms with Crippen LogP contribution in [0.1, 0.15) is 19.8 Å². The van der Waals surface area contributed by atoms with Crippen LogP contribution >= 0.6 is 15.9 Å². The number of hydrogen-bond donors (Lipinski definition) is 3. The number of guanidine groups is 1. The van der Waals surface area contributed by atoms with E-state index in [0.29, 0.717) is 5.96 Å². The summed E-state index contributed by atoms with van der Waals surface area (Å²) >= 11 is 3.42. The van der Waals surface area contributed by atoms with Crippen LogP contribution in [-0.2, 0) is 0 Å². The number of para-hydroxylation sites is 1. The summed E-state index contributed by atoms with van der Waals surface area (Å²) in [6, 6.07) is 7.97.